The smallest absolute Gasteiger partial charge is 0.349 e. The molecule has 1 aliphatic rings. The van der Waals surface area contributed by atoms with Crippen LogP contribution in [0.3, 0.4) is 0 Å². The Kier molecular flexibility index (Phi) is 4.86. The fourth-order valence-electron chi connectivity index (χ4n) is 3.90. The number of thiophene rings is 1. The van der Waals surface area contributed by atoms with E-state index in [1.54, 1.807) is 11.3 Å². The maximum Gasteiger partial charge on any atom is 0.349 e. The molecule has 0 spiro atoms. The molecule has 7 nitrogen and oxygen atoms in total. The number of hydrogen-bond donors (Lipinski definition) is 1. The monoisotopic (exact) mass is 438 g/mol. The van der Waals surface area contributed by atoms with Crippen molar-refractivity contribution in [1.29, 1.82) is 0 Å². The van der Waals surface area contributed by atoms with Gasteiger partial charge in [-0.1, -0.05) is 26.0 Å². The molecule has 4 heterocycles. The van der Waals surface area contributed by atoms with Crippen molar-refractivity contribution in [2.45, 2.75) is 52.7 Å². The summed E-state index contributed by atoms with van der Waals surface area (Å²) in [6.07, 6.45) is 1.76. The summed E-state index contributed by atoms with van der Waals surface area (Å²) in [5.74, 6) is 1.88. The second kappa shape index (κ2) is 7.46. The Labute approximate surface area is 184 Å². The Balaban J connectivity index is 1.59. The van der Waals surface area contributed by atoms with Crippen molar-refractivity contribution in [2.24, 2.45) is 5.92 Å². The van der Waals surface area contributed by atoms with Crippen molar-refractivity contribution in [3.05, 3.63) is 45.2 Å². The molecule has 5 rings (SSSR count). The largest absolute Gasteiger partial charge is 0.494 e. The van der Waals surface area contributed by atoms with Gasteiger partial charge in [0.2, 0.25) is 0 Å². The molecule has 4 aromatic rings. The quantitative estimate of drug-likeness (QED) is 0.493. The Morgan fingerprint density at radius 3 is 3.00 bits per heavy atom. The van der Waals surface area contributed by atoms with Gasteiger partial charge < -0.3 is 9.47 Å². The van der Waals surface area contributed by atoms with Crippen LogP contribution >= 0.6 is 11.3 Å². The third-order valence-corrected chi connectivity index (χ3v) is 6.71. The molecule has 0 atom stereocenters. The van der Waals surface area contributed by atoms with Crippen LogP contribution in [-0.4, -0.2) is 31.8 Å². The standard InChI is InChI=1S/C23H26N4O3S/c1-13(2)8-9-29-15-7-5-6-14(10-15)19-24-20-18-16-11-23(3,4)30-12-17(16)31-21(18)25-22(28)27(20)26-19/h5-7,10,13H,8-9,11-12H2,1-4H3,(H,25,28). The average molecular weight is 439 g/mol. The van der Waals surface area contributed by atoms with Crippen molar-refractivity contribution in [1.82, 2.24) is 19.6 Å². The molecule has 3 aromatic heterocycles. The van der Waals surface area contributed by atoms with Gasteiger partial charge in [-0.15, -0.1) is 16.4 Å². The zero-order chi connectivity index (χ0) is 21.8. The molecule has 31 heavy (non-hydrogen) atoms. The number of H-pyrrole nitrogens is 1. The maximum atomic E-state index is 12.7. The van der Waals surface area contributed by atoms with Crippen molar-refractivity contribution < 1.29 is 9.47 Å². The summed E-state index contributed by atoms with van der Waals surface area (Å²) in [6, 6.07) is 7.73. The van der Waals surface area contributed by atoms with Crippen LogP contribution in [0.4, 0.5) is 0 Å². The molecular weight excluding hydrogens is 412 g/mol. The number of rotatable bonds is 5. The lowest BCUT2D eigenvalue weighted by Gasteiger charge is -2.30. The first-order valence-corrected chi connectivity index (χ1v) is 11.4. The Hall–Kier alpha value is -2.71. The van der Waals surface area contributed by atoms with Crippen LogP contribution in [0, 0.1) is 5.92 Å². The lowest BCUT2D eigenvalue weighted by Crippen LogP contribution is -2.31. The molecule has 0 radical (unpaired) electrons. The number of aromatic nitrogens is 4. The van der Waals surface area contributed by atoms with Crippen LogP contribution in [0.15, 0.2) is 29.1 Å². The van der Waals surface area contributed by atoms with Gasteiger partial charge in [-0.25, -0.2) is 9.78 Å². The fourth-order valence-corrected chi connectivity index (χ4v) is 5.02. The van der Waals surface area contributed by atoms with E-state index in [9.17, 15) is 4.79 Å². The van der Waals surface area contributed by atoms with Crippen molar-refractivity contribution >= 4 is 27.2 Å². The summed E-state index contributed by atoms with van der Waals surface area (Å²) in [5.41, 5.74) is 2.08. The topological polar surface area (TPSA) is 81.5 Å². The minimum atomic E-state index is -0.288. The maximum absolute atomic E-state index is 12.7. The number of benzene rings is 1. The highest BCUT2D eigenvalue weighted by atomic mass is 32.1. The van der Waals surface area contributed by atoms with Crippen molar-refractivity contribution in [2.75, 3.05) is 6.61 Å². The first kappa shape index (κ1) is 20.2. The molecule has 0 amide bonds. The molecule has 0 fully saturated rings. The summed E-state index contributed by atoms with van der Waals surface area (Å²) in [6.45, 7) is 9.74. The Morgan fingerprint density at radius 1 is 1.35 bits per heavy atom. The number of nitrogens with one attached hydrogen (secondary N) is 1. The predicted octanol–water partition coefficient (Wildman–Crippen LogP) is 4.58. The first-order chi connectivity index (χ1) is 14.8. The molecule has 0 saturated heterocycles. The number of nitrogens with zero attached hydrogens (tertiary/aromatic N) is 3. The van der Waals surface area contributed by atoms with E-state index in [1.165, 1.54) is 10.1 Å². The van der Waals surface area contributed by atoms with Gasteiger partial charge in [0.15, 0.2) is 11.5 Å². The van der Waals surface area contributed by atoms with E-state index in [-0.39, 0.29) is 11.3 Å². The summed E-state index contributed by atoms with van der Waals surface area (Å²) in [5, 5.41) is 5.50. The lowest BCUT2D eigenvalue weighted by atomic mass is 9.94. The highest BCUT2D eigenvalue weighted by Gasteiger charge is 2.31. The third-order valence-electron chi connectivity index (χ3n) is 5.59. The van der Waals surface area contributed by atoms with E-state index in [0.29, 0.717) is 30.6 Å². The van der Waals surface area contributed by atoms with Crippen molar-refractivity contribution in [3.8, 4) is 17.1 Å². The molecule has 162 valence electrons. The number of hydrogen-bond acceptors (Lipinski definition) is 6. The summed E-state index contributed by atoms with van der Waals surface area (Å²) < 4.78 is 13.2. The van der Waals surface area contributed by atoms with Crippen molar-refractivity contribution in [3.63, 3.8) is 0 Å². The predicted molar refractivity (Wildman–Crippen MR) is 122 cm³/mol. The zero-order valence-corrected chi connectivity index (χ0v) is 19.0. The van der Waals surface area contributed by atoms with E-state index < -0.39 is 0 Å². The van der Waals surface area contributed by atoms with Gasteiger partial charge in [0.05, 0.1) is 24.2 Å². The molecule has 0 unspecified atom stereocenters. The van der Waals surface area contributed by atoms with Gasteiger partial charge in [0.1, 0.15) is 10.6 Å². The van der Waals surface area contributed by atoms with Crippen LogP contribution in [0.25, 0.3) is 27.3 Å². The van der Waals surface area contributed by atoms with Gasteiger partial charge in [0, 0.05) is 16.9 Å². The van der Waals surface area contributed by atoms with E-state index in [0.717, 1.165) is 39.2 Å². The molecular formula is C23H26N4O3S. The normalized spacial score (nSPS) is 15.6. The molecule has 0 saturated carbocycles. The minimum Gasteiger partial charge on any atom is -0.494 e. The molecule has 8 heteroatoms. The first-order valence-electron chi connectivity index (χ1n) is 10.6. The van der Waals surface area contributed by atoms with E-state index >= 15 is 0 Å². The highest BCUT2D eigenvalue weighted by Crippen LogP contribution is 2.39. The SMILES string of the molecule is CC(C)CCOc1cccc(-c2nc3c4c5c(sc4[nH]c(=O)n3n2)COC(C)(C)C5)c1. The minimum absolute atomic E-state index is 0.251. The van der Waals surface area contributed by atoms with Crippen LogP contribution < -0.4 is 10.4 Å². The summed E-state index contributed by atoms with van der Waals surface area (Å²) in [4.78, 5) is 22.4. The number of aromatic amines is 1. The van der Waals surface area contributed by atoms with Gasteiger partial charge in [0.25, 0.3) is 0 Å². The van der Waals surface area contributed by atoms with Crippen LogP contribution in [0.5, 0.6) is 5.75 Å². The lowest BCUT2D eigenvalue weighted by molar-refractivity contribution is -0.0379. The second-order valence-electron chi connectivity index (χ2n) is 9.09. The van der Waals surface area contributed by atoms with E-state index in [1.807, 2.05) is 24.3 Å². The van der Waals surface area contributed by atoms with Gasteiger partial charge in [-0.3, -0.25) is 4.98 Å². The Bertz CT molecular complexity index is 1330. The molecule has 1 N–H and O–H groups in total. The Morgan fingerprint density at radius 2 is 2.19 bits per heavy atom. The molecule has 1 aliphatic heterocycles. The zero-order valence-electron chi connectivity index (χ0n) is 18.2. The highest BCUT2D eigenvalue weighted by molar-refractivity contribution is 7.19. The summed E-state index contributed by atoms with van der Waals surface area (Å²) in [7, 11) is 0. The van der Waals surface area contributed by atoms with Gasteiger partial charge >= 0.3 is 5.69 Å². The molecule has 0 aliphatic carbocycles. The van der Waals surface area contributed by atoms with Gasteiger partial charge in [-0.05, 0) is 43.9 Å². The fraction of sp³-hybridized carbons (Fsp3) is 0.435. The van der Waals surface area contributed by atoms with Crippen LogP contribution in [-0.2, 0) is 17.8 Å². The molecule has 1 aromatic carbocycles. The second-order valence-corrected chi connectivity index (χ2v) is 10.2. The number of fused-ring (bicyclic) bond motifs is 5. The summed E-state index contributed by atoms with van der Waals surface area (Å²) >= 11 is 1.57. The van der Waals surface area contributed by atoms with Crippen LogP contribution in [0.2, 0.25) is 0 Å². The molecule has 0 bridgehead atoms. The number of ether oxygens (including phenoxy) is 2. The third kappa shape index (κ3) is 3.74. The average Bonchev–Trinajstić information content (AvgIpc) is 3.29. The van der Waals surface area contributed by atoms with Gasteiger partial charge in [-0.2, -0.15) is 4.52 Å². The van der Waals surface area contributed by atoms with Crippen LogP contribution in [0.1, 0.15) is 44.6 Å². The van der Waals surface area contributed by atoms with E-state index in [4.69, 9.17) is 14.5 Å². The van der Waals surface area contributed by atoms with E-state index in [2.05, 4.69) is 37.8 Å².